The Morgan fingerprint density at radius 2 is 1.85 bits per heavy atom. The summed E-state index contributed by atoms with van der Waals surface area (Å²) in [6, 6.07) is 2.31. The van der Waals surface area contributed by atoms with Gasteiger partial charge in [-0.2, -0.15) is 17.9 Å². The number of hydrogen-bond acceptors (Lipinski definition) is 4. The van der Waals surface area contributed by atoms with Crippen molar-refractivity contribution < 1.29 is 26.4 Å². The highest BCUT2D eigenvalue weighted by molar-refractivity contribution is 7.89. The molecule has 3 aliphatic rings. The lowest BCUT2D eigenvalue weighted by molar-refractivity contribution is -0.137. The first-order valence-corrected chi connectivity index (χ1v) is 9.57. The quantitative estimate of drug-likeness (QED) is 0.722. The number of sulfonamides is 1. The van der Waals surface area contributed by atoms with Crippen molar-refractivity contribution in [2.45, 2.75) is 30.1 Å². The second-order valence-corrected chi connectivity index (χ2v) is 8.48. The van der Waals surface area contributed by atoms with E-state index in [0.29, 0.717) is 25.2 Å². The highest BCUT2D eigenvalue weighted by Crippen LogP contribution is 2.44. The van der Waals surface area contributed by atoms with Crippen molar-refractivity contribution in [3.63, 3.8) is 0 Å². The Bertz CT molecular complexity index is 895. The molecule has 1 amide bonds. The number of carbonyl (C=O) groups excluding carboxylic acids is 1. The van der Waals surface area contributed by atoms with E-state index in [1.165, 1.54) is 4.90 Å². The van der Waals surface area contributed by atoms with E-state index in [-0.39, 0.29) is 16.0 Å². The van der Waals surface area contributed by atoms with Gasteiger partial charge in [-0.05, 0) is 31.0 Å². The van der Waals surface area contributed by atoms with Crippen molar-refractivity contribution in [3.05, 3.63) is 35.9 Å². The van der Waals surface area contributed by atoms with E-state index in [2.05, 4.69) is 22.2 Å². The molecular formula is C16H16F3N3O3S. The van der Waals surface area contributed by atoms with E-state index in [4.69, 9.17) is 0 Å². The van der Waals surface area contributed by atoms with Crippen LogP contribution < -0.4 is 10.0 Å². The minimum Gasteiger partial charge on any atom is -0.360 e. The Balaban J connectivity index is 1.57. The number of carbonyl (C=O) groups is 1. The molecule has 4 rings (SSSR count). The molecule has 1 aromatic rings. The number of halogens is 3. The highest BCUT2D eigenvalue weighted by atomic mass is 32.2. The summed E-state index contributed by atoms with van der Waals surface area (Å²) in [5, 5.41) is 2.60. The number of amides is 1. The molecule has 140 valence electrons. The SMILES string of the molecule is O=C(C1Nc2cc(C(F)(F)F)ccc2S(=O)(=O)N1)N1CCC2(C=C2)CC1. The standard InChI is InChI=1S/C16H16F3N3O3S/c17-16(18,19)10-1-2-12-11(9-10)20-13(21-26(12,24)25)14(23)22-7-5-15(3-4-15)6-8-22/h1-4,9,13,20-21H,5-8H2. The van der Waals surface area contributed by atoms with Gasteiger partial charge in [-0.3, -0.25) is 4.79 Å². The van der Waals surface area contributed by atoms with Crippen LogP contribution in [0.4, 0.5) is 18.9 Å². The average molecular weight is 387 g/mol. The fraction of sp³-hybridized carbons (Fsp3) is 0.438. The number of piperidine rings is 1. The first-order chi connectivity index (χ1) is 12.1. The molecule has 2 heterocycles. The van der Waals surface area contributed by atoms with Crippen molar-refractivity contribution in [2.24, 2.45) is 5.41 Å². The lowest BCUT2D eigenvalue weighted by Crippen LogP contribution is -2.56. The van der Waals surface area contributed by atoms with Crippen molar-refractivity contribution in [3.8, 4) is 0 Å². The number of hydrogen-bond donors (Lipinski definition) is 2. The number of nitrogens with one attached hydrogen (secondary N) is 2. The second-order valence-electron chi connectivity index (χ2n) is 6.80. The summed E-state index contributed by atoms with van der Waals surface area (Å²) in [6.07, 6.45) is -0.211. The van der Waals surface area contributed by atoms with Crippen LogP contribution in [0.25, 0.3) is 0 Å². The zero-order chi connectivity index (χ0) is 18.7. The molecule has 1 saturated heterocycles. The van der Waals surface area contributed by atoms with E-state index in [1.54, 1.807) is 0 Å². The summed E-state index contributed by atoms with van der Waals surface area (Å²) < 4.78 is 65.6. The molecule has 1 unspecified atom stereocenters. The third-order valence-electron chi connectivity index (χ3n) is 5.06. The summed E-state index contributed by atoms with van der Waals surface area (Å²) in [5.74, 6) is -0.493. The molecule has 1 fully saturated rings. The van der Waals surface area contributed by atoms with E-state index in [1.807, 2.05) is 0 Å². The smallest absolute Gasteiger partial charge is 0.360 e. The molecule has 0 aromatic heterocycles. The van der Waals surface area contributed by atoms with Crippen LogP contribution in [-0.4, -0.2) is 38.5 Å². The maximum Gasteiger partial charge on any atom is 0.416 e. The van der Waals surface area contributed by atoms with Crippen molar-refractivity contribution in [1.29, 1.82) is 0 Å². The van der Waals surface area contributed by atoms with Gasteiger partial charge >= 0.3 is 6.18 Å². The summed E-state index contributed by atoms with van der Waals surface area (Å²) in [5.41, 5.74) is -1.11. The monoisotopic (exact) mass is 387 g/mol. The molecule has 1 atom stereocenters. The van der Waals surface area contributed by atoms with Gasteiger partial charge in [0.2, 0.25) is 10.0 Å². The van der Waals surface area contributed by atoms with Crippen molar-refractivity contribution >= 4 is 21.6 Å². The van der Waals surface area contributed by atoms with Crippen LogP contribution in [0.3, 0.4) is 0 Å². The molecule has 1 aliphatic carbocycles. The highest BCUT2D eigenvalue weighted by Gasteiger charge is 2.42. The van der Waals surface area contributed by atoms with Gasteiger partial charge in [-0.25, -0.2) is 8.42 Å². The normalized spacial score (nSPS) is 25.5. The first kappa shape index (κ1) is 17.3. The van der Waals surface area contributed by atoms with Gasteiger partial charge in [0, 0.05) is 18.5 Å². The average Bonchev–Trinajstić information content (AvgIpc) is 3.32. The Labute approximate surface area is 148 Å². The van der Waals surface area contributed by atoms with Gasteiger partial charge in [-0.1, -0.05) is 12.2 Å². The maximum absolute atomic E-state index is 12.9. The number of anilines is 1. The van der Waals surface area contributed by atoms with Gasteiger partial charge in [0.1, 0.15) is 4.90 Å². The molecule has 0 radical (unpaired) electrons. The Morgan fingerprint density at radius 1 is 1.19 bits per heavy atom. The van der Waals surface area contributed by atoms with Crippen LogP contribution >= 0.6 is 0 Å². The molecule has 2 N–H and O–H groups in total. The lowest BCUT2D eigenvalue weighted by atomic mass is 9.91. The first-order valence-electron chi connectivity index (χ1n) is 8.09. The van der Waals surface area contributed by atoms with E-state index in [9.17, 15) is 26.4 Å². The fourth-order valence-electron chi connectivity index (χ4n) is 3.35. The van der Waals surface area contributed by atoms with Crippen LogP contribution in [0, 0.1) is 5.41 Å². The molecule has 1 spiro atoms. The zero-order valence-electron chi connectivity index (χ0n) is 13.5. The van der Waals surface area contributed by atoms with E-state index in [0.717, 1.165) is 18.9 Å². The number of benzene rings is 1. The maximum atomic E-state index is 12.9. The third kappa shape index (κ3) is 2.96. The minimum absolute atomic E-state index is 0.102. The Hall–Kier alpha value is -2.07. The number of rotatable bonds is 1. The Kier molecular flexibility index (Phi) is 3.65. The number of alkyl halides is 3. The molecule has 0 saturated carbocycles. The number of fused-ring (bicyclic) bond motifs is 1. The van der Waals surface area contributed by atoms with Crippen LogP contribution in [0.2, 0.25) is 0 Å². The number of allylic oxidation sites excluding steroid dienone is 2. The summed E-state index contributed by atoms with van der Waals surface area (Å²) >= 11 is 0. The van der Waals surface area contributed by atoms with Crippen LogP contribution in [0.15, 0.2) is 35.2 Å². The van der Waals surface area contributed by atoms with Crippen LogP contribution in [-0.2, 0) is 21.0 Å². The molecule has 1 aromatic carbocycles. The molecule has 10 heteroatoms. The summed E-state index contributed by atoms with van der Waals surface area (Å²) in [7, 11) is -4.09. The van der Waals surface area contributed by atoms with Gasteiger partial charge in [0.15, 0.2) is 6.17 Å². The predicted octanol–water partition coefficient (Wildman–Crippen LogP) is 1.91. The zero-order valence-corrected chi connectivity index (χ0v) is 14.3. The molecule has 2 aliphatic heterocycles. The van der Waals surface area contributed by atoms with Gasteiger partial charge in [-0.15, -0.1) is 0 Å². The van der Waals surface area contributed by atoms with Crippen molar-refractivity contribution in [2.75, 3.05) is 18.4 Å². The van der Waals surface area contributed by atoms with E-state index >= 15 is 0 Å². The van der Waals surface area contributed by atoms with Crippen LogP contribution in [0.5, 0.6) is 0 Å². The third-order valence-corrected chi connectivity index (χ3v) is 6.54. The second kappa shape index (κ2) is 5.46. The van der Waals surface area contributed by atoms with Gasteiger partial charge in [0.25, 0.3) is 5.91 Å². The molecule has 26 heavy (non-hydrogen) atoms. The molecule has 6 nitrogen and oxygen atoms in total. The van der Waals surface area contributed by atoms with Crippen molar-refractivity contribution in [1.82, 2.24) is 9.62 Å². The minimum atomic E-state index is -4.61. The molecular weight excluding hydrogens is 371 g/mol. The lowest BCUT2D eigenvalue weighted by Gasteiger charge is -2.36. The number of nitrogens with zero attached hydrogens (tertiary/aromatic N) is 1. The van der Waals surface area contributed by atoms with Gasteiger partial charge in [0.05, 0.1) is 11.3 Å². The summed E-state index contributed by atoms with van der Waals surface area (Å²) in [6.45, 7) is 0.947. The Morgan fingerprint density at radius 3 is 2.42 bits per heavy atom. The van der Waals surface area contributed by atoms with Gasteiger partial charge < -0.3 is 10.2 Å². The predicted molar refractivity (Wildman–Crippen MR) is 86.6 cm³/mol. The fourth-order valence-corrected chi connectivity index (χ4v) is 4.60. The largest absolute Gasteiger partial charge is 0.416 e. The van der Waals surface area contributed by atoms with E-state index < -0.39 is 33.8 Å². The number of likely N-dealkylation sites (tertiary alicyclic amines) is 1. The van der Waals surface area contributed by atoms with Crippen LogP contribution in [0.1, 0.15) is 18.4 Å². The molecule has 0 bridgehead atoms. The summed E-state index contributed by atoms with van der Waals surface area (Å²) in [4.78, 5) is 13.9. The topological polar surface area (TPSA) is 78.5 Å².